The first kappa shape index (κ1) is 20.1. The van der Waals surface area contributed by atoms with Gasteiger partial charge in [0.25, 0.3) is 5.56 Å². The quantitative estimate of drug-likeness (QED) is 0.504. The Balaban J connectivity index is 1.64. The van der Waals surface area contributed by atoms with Crippen LogP contribution in [-0.2, 0) is 9.59 Å². The van der Waals surface area contributed by atoms with Crippen LogP contribution in [0.1, 0.15) is 23.5 Å². The van der Waals surface area contributed by atoms with Crippen molar-refractivity contribution in [1.29, 1.82) is 0 Å². The molecule has 1 aliphatic rings. The van der Waals surface area contributed by atoms with E-state index >= 15 is 0 Å². The van der Waals surface area contributed by atoms with E-state index < -0.39 is 23.3 Å². The summed E-state index contributed by atoms with van der Waals surface area (Å²) in [5, 5.41) is 8.33. The number of aryl methyl sites for hydroxylation is 1. The number of ether oxygens (including phenoxy) is 1. The van der Waals surface area contributed by atoms with E-state index in [2.05, 4.69) is 25.9 Å². The number of aromatic nitrogens is 2. The van der Waals surface area contributed by atoms with Crippen molar-refractivity contribution in [2.45, 2.75) is 19.3 Å². The number of aromatic amines is 1. The molecule has 31 heavy (non-hydrogen) atoms. The van der Waals surface area contributed by atoms with Crippen LogP contribution in [-0.4, -0.2) is 28.9 Å². The van der Waals surface area contributed by atoms with Crippen molar-refractivity contribution in [1.82, 2.24) is 9.97 Å². The van der Waals surface area contributed by atoms with E-state index in [9.17, 15) is 14.4 Å². The molecule has 0 saturated heterocycles. The van der Waals surface area contributed by atoms with Crippen LogP contribution in [0.5, 0.6) is 5.75 Å². The minimum absolute atomic E-state index is 0.0569. The largest absolute Gasteiger partial charge is 0.495 e. The summed E-state index contributed by atoms with van der Waals surface area (Å²) in [5.41, 5.74) is 1.84. The Morgan fingerprint density at radius 1 is 1.13 bits per heavy atom. The number of anilines is 4. The molecule has 2 heterocycles. The maximum Gasteiger partial charge on any atom is 0.258 e. The molecule has 3 aromatic rings. The highest BCUT2D eigenvalue weighted by molar-refractivity contribution is 6.04. The van der Waals surface area contributed by atoms with Crippen LogP contribution in [0.3, 0.4) is 0 Å². The second-order valence-corrected chi connectivity index (χ2v) is 7.16. The van der Waals surface area contributed by atoms with Crippen LogP contribution >= 0.6 is 0 Å². The predicted octanol–water partition coefficient (Wildman–Crippen LogP) is 2.90. The van der Waals surface area contributed by atoms with Gasteiger partial charge in [-0.1, -0.05) is 29.8 Å². The molecule has 1 aliphatic heterocycles. The molecule has 0 saturated carbocycles. The summed E-state index contributed by atoms with van der Waals surface area (Å²) >= 11 is 0. The second-order valence-electron chi connectivity index (χ2n) is 7.16. The lowest BCUT2D eigenvalue weighted by Crippen LogP contribution is -2.36. The van der Waals surface area contributed by atoms with E-state index in [0.29, 0.717) is 17.1 Å². The number of carbonyl (C=O) groups excluding carboxylic acids is 2. The molecular weight excluding hydrogens is 398 g/mol. The van der Waals surface area contributed by atoms with Crippen molar-refractivity contribution in [2.75, 3.05) is 23.1 Å². The van der Waals surface area contributed by atoms with Gasteiger partial charge in [0.15, 0.2) is 0 Å². The van der Waals surface area contributed by atoms with Crippen LogP contribution in [0.15, 0.2) is 53.3 Å². The molecule has 0 bridgehead atoms. The van der Waals surface area contributed by atoms with Crippen molar-refractivity contribution < 1.29 is 14.3 Å². The molecule has 0 unspecified atom stereocenters. The van der Waals surface area contributed by atoms with Gasteiger partial charge < -0.3 is 20.7 Å². The molecule has 0 spiro atoms. The molecule has 2 aromatic carbocycles. The second kappa shape index (κ2) is 8.31. The summed E-state index contributed by atoms with van der Waals surface area (Å²) in [6, 6.07) is 14.4. The van der Waals surface area contributed by atoms with Gasteiger partial charge in [0.1, 0.15) is 11.6 Å². The van der Waals surface area contributed by atoms with Gasteiger partial charge in [-0.3, -0.25) is 19.4 Å². The van der Waals surface area contributed by atoms with Gasteiger partial charge in [-0.2, -0.15) is 4.98 Å². The third-order valence-corrected chi connectivity index (χ3v) is 4.95. The zero-order valence-electron chi connectivity index (χ0n) is 17.0. The Labute approximate surface area is 177 Å². The molecule has 0 aliphatic carbocycles. The van der Waals surface area contributed by atoms with E-state index in [1.54, 1.807) is 30.3 Å². The summed E-state index contributed by atoms with van der Waals surface area (Å²) in [5.74, 6) is -1.06. The fourth-order valence-electron chi connectivity index (χ4n) is 3.40. The number of methoxy groups -OCH3 is 1. The van der Waals surface area contributed by atoms with Crippen molar-refractivity contribution in [3.63, 3.8) is 0 Å². The molecule has 9 nitrogen and oxygen atoms in total. The normalized spacial score (nSPS) is 14.9. The van der Waals surface area contributed by atoms with Crippen LogP contribution in [0.4, 0.5) is 23.1 Å². The monoisotopic (exact) mass is 419 g/mol. The lowest BCUT2D eigenvalue weighted by atomic mass is 9.92. The SMILES string of the molecule is COc1ccccc1Nc1nc2c(c(=O)[nH]1)[C@@H](C(=O)Nc1ccc(C)cc1)CC(=O)N2. The summed E-state index contributed by atoms with van der Waals surface area (Å²) in [6.45, 7) is 1.94. The van der Waals surface area contributed by atoms with Gasteiger partial charge in [0, 0.05) is 12.1 Å². The zero-order chi connectivity index (χ0) is 22.0. The maximum absolute atomic E-state index is 12.9. The summed E-state index contributed by atoms with van der Waals surface area (Å²) in [4.78, 5) is 44.9. The van der Waals surface area contributed by atoms with Crippen LogP contribution in [0.2, 0.25) is 0 Å². The zero-order valence-corrected chi connectivity index (χ0v) is 17.0. The van der Waals surface area contributed by atoms with Gasteiger partial charge in [-0.15, -0.1) is 0 Å². The van der Waals surface area contributed by atoms with Crippen molar-refractivity contribution >= 4 is 35.0 Å². The van der Waals surface area contributed by atoms with E-state index in [4.69, 9.17) is 4.74 Å². The Kier molecular flexibility index (Phi) is 5.40. The van der Waals surface area contributed by atoms with E-state index in [-0.39, 0.29) is 23.8 Å². The van der Waals surface area contributed by atoms with E-state index in [0.717, 1.165) is 5.56 Å². The Hall–Kier alpha value is -4.14. The fraction of sp³-hybridized carbons (Fsp3) is 0.182. The molecule has 1 aromatic heterocycles. The number of benzene rings is 2. The molecule has 0 radical (unpaired) electrons. The number of H-pyrrole nitrogens is 1. The molecule has 4 rings (SSSR count). The Bertz CT molecular complexity index is 1200. The van der Waals surface area contributed by atoms with Crippen LogP contribution < -0.4 is 26.2 Å². The van der Waals surface area contributed by atoms with Crippen molar-refractivity contribution in [2.24, 2.45) is 0 Å². The minimum Gasteiger partial charge on any atom is -0.495 e. The first-order valence-electron chi connectivity index (χ1n) is 9.66. The Morgan fingerprint density at radius 2 is 1.87 bits per heavy atom. The van der Waals surface area contributed by atoms with Crippen molar-refractivity contribution in [3.05, 3.63) is 70.0 Å². The van der Waals surface area contributed by atoms with Gasteiger partial charge in [-0.25, -0.2) is 0 Å². The molecule has 1 atom stereocenters. The average Bonchev–Trinajstić information content (AvgIpc) is 2.75. The number of hydrogen-bond donors (Lipinski definition) is 4. The van der Waals surface area contributed by atoms with E-state index in [1.165, 1.54) is 7.11 Å². The highest BCUT2D eigenvalue weighted by Crippen LogP contribution is 2.31. The number of nitrogens with zero attached hydrogens (tertiary/aromatic N) is 1. The Morgan fingerprint density at radius 3 is 2.61 bits per heavy atom. The van der Waals surface area contributed by atoms with Crippen LogP contribution in [0.25, 0.3) is 0 Å². The molecule has 9 heteroatoms. The molecular formula is C22H21N5O4. The topological polar surface area (TPSA) is 125 Å². The third kappa shape index (κ3) is 4.25. The molecule has 2 amide bonds. The summed E-state index contributed by atoms with van der Waals surface area (Å²) in [7, 11) is 1.53. The number of amides is 2. The summed E-state index contributed by atoms with van der Waals surface area (Å²) in [6.07, 6.45) is -0.144. The fourth-order valence-corrected chi connectivity index (χ4v) is 3.40. The number of para-hydroxylation sites is 2. The number of rotatable bonds is 5. The van der Waals surface area contributed by atoms with Gasteiger partial charge in [-0.05, 0) is 31.2 Å². The lowest BCUT2D eigenvalue weighted by molar-refractivity contribution is -0.123. The highest BCUT2D eigenvalue weighted by Gasteiger charge is 2.34. The smallest absolute Gasteiger partial charge is 0.258 e. The molecule has 0 fully saturated rings. The summed E-state index contributed by atoms with van der Waals surface area (Å²) < 4.78 is 5.28. The molecule has 4 N–H and O–H groups in total. The maximum atomic E-state index is 12.9. The average molecular weight is 419 g/mol. The third-order valence-electron chi connectivity index (χ3n) is 4.95. The first-order valence-corrected chi connectivity index (χ1v) is 9.66. The highest BCUT2D eigenvalue weighted by atomic mass is 16.5. The number of hydrogen-bond acceptors (Lipinski definition) is 6. The molecule has 158 valence electrons. The number of nitrogens with one attached hydrogen (secondary N) is 4. The van der Waals surface area contributed by atoms with Gasteiger partial charge in [0.2, 0.25) is 17.8 Å². The number of fused-ring (bicyclic) bond motifs is 1. The van der Waals surface area contributed by atoms with Crippen LogP contribution in [0, 0.1) is 6.92 Å². The van der Waals surface area contributed by atoms with Crippen molar-refractivity contribution in [3.8, 4) is 5.75 Å². The van der Waals surface area contributed by atoms with Gasteiger partial charge >= 0.3 is 0 Å². The number of carbonyl (C=O) groups is 2. The van der Waals surface area contributed by atoms with Gasteiger partial charge in [0.05, 0.1) is 24.3 Å². The minimum atomic E-state index is -0.957. The predicted molar refractivity (Wildman–Crippen MR) is 117 cm³/mol. The first-order chi connectivity index (χ1) is 14.9. The van der Waals surface area contributed by atoms with E-state index in [1.807, 2.05) is 25.1 Å². The standard InChI is InChI=1S/C22H21N5O4/c1-12-7-9-13(10-8-12)23-20(29)14-11-17(28)25-19-18(14)21(30)27-22(26-19)24-15-5-3-4-6-16(15)31-2/h3-10,14H,11H2,1-2H3,(H,23,29)(H3,24,25,26,27,28,30)/t14-/m0/s1. The lowest BCUT2D eigenvalue weighted by Gasteiger charge is -2.23.